The van der Waals surface area contributed by atoms with Crippen molar-refractivity contribution in [2.75, 3.05) is 38.7 Å². The second-order valence-electron chi connectivity index (χ2n) is 9.47. The van der Waals surface area contributed by atoms with Gasteiger partial charge in [-0.25, -0.2) is 9.69 Å². The highest BCUT2D eigenvalue weighted by atomic mass is 35.5. The number of halogens is 7. The number of carbonyl (C=O) groups excluding carboxylic acids is 3. The molecule has 1 atom stereocenters. The molecule has 0 saturated carbocycles. The summed E-state index contributed by atoms with van der Waals surface area (Å²) in [6.07, 6.45) is -9.37. The van der Waals surface area contributed by atoms with Crippen LogP contribution in [0, 0.1) is 5.41 Å². The number of amides is 3. The number of imide groups is 1. The Morgan fingerprint density at radius 2 is 1.63 bits per heavy atom. The minimum Gasteiger partial charge on any atom is -0.465 e. The highest BCUT2D eigenvalue weighted by molar-refractivity contribution is 6.32. The molecule has 0 spiro atoms. The largest absolute Gasteiger partial charge is 0.465 e. The number of hydrogen-bond acceptors (Lipinski definition) is 6. The van der Waals surface area contributed by atoms with Gasteiger partial charge in [0, 0.05) is 19.7 Å². The standard InChI is InChI=1S/C26H25ClF6N4O4/c1-5-41-22(39)24(2)14-36(34-21(24)15-6-11-18(19(27)12-15)26(31,32)33)13-20(38)37(23(40)35(3)4)17-9-7-16(8-10-17)25(28,29)30/h6-12H,5,13-14H2,1-4H3. The molecule has 3 rings (SSSR count). The maximum atomic E-state index is 13.4. The fraction of sp³-hybridized carbons (Fsp3) is 0.385. The van der Waals surface area contributed by atoms with Crippen LogP contribution in [0.2, 0.25) is 5.02 Å². The Labute approximate surface area is 236 Å². The molecule has 1 aliphatic heterocycles. The average molecular weight is 607 g/mol. The van der Waals surface area contributed by atoms with Crippen LogP contribution in [0.25, 0.3) is 0 Å². The van der Waals surface area contributed by atoms with E-state index < -0.39 is 58.4 Å². The van der Waals surface area contributed by atoms with E-state index in [2.05, 4.69) is 5.10 Å². The van der Waals surface area contributed by atoms with Crippen LogP contribution in [0.3, 0.4) is 0 Å². The third kappa shape index (κ3) is 6.75. The van der Waals surface area contributed by atoms with Crippen LogP contribution in [-0.4, -0.2) is 67.3 Å². The van der Waals surface area contributed by atoms with Crippen LogP contribution in [0.1, 0.15) is 30.5 Å². The second-order valence-corrected chi connectivity index (χ2v) is 9.87. The summed E-state index contributed by atoms with van der Waals surface area (Å²) in [7, 11) is 2.68. The number of alkyl halides is 6. The van der Waals surface area contributed by atoms with Gasteiger partial charge in [-0.3, -0.25) is 14.6 Å². The molecule has 0 N–H and O–H groups in total. The number of carbonyl (C=O) groups is 3. The summed E-state index contributed by atoms with van der Waals surface area (Å²) in [6.45, 7) is 2.08. The van der Waals surface area contributed by atoms with E-state index in [0.717, 1.165) is 52.4 Å². The SMILES string of the molecule is CCOC(=O)C1(C)CN(CC(=O)N(C(=O)N(C)C)c2ccc(C(F)(F)F)cc2)N=C1c1ccc(C(F)(F)F)c(Cl)c1. The van der Waals surface area contributed by atoms with Crippen LogP contribution in [0.15, 0.2) is 47.6 Å². The van der Waals surface area contributed by atoms with Gasteiger partial charge in [0.1, 0.15) is 12.0 Å². The molecule has 41 heavy (non-hydrogen) atoms. The topological polar surface area (TPSA) is 82.5 Å². The third-order valence-corrected chi connectivity index (χ3v) is 6.44. The van der Waals surface area contributed by atoms with E-state index in [1.54, 1.807) is 6.92 Å². The lowest BCUT2D eigenvalue weighted by molar-refractivity contribution is -0.150. The molecule has 0 radical (unpaired) electrons. The number of hydrazone groups is 1. The van der Waals surface area contributed by atoms with Crippen molar-refractivity contribution in [1.82, 2.24) is 9.91 Å². The quantitative estimate of drug-likeness (QED) is 0.312. The molecule has 0 bridgehead atoms. The lowest BCUT2D eigenvalue weighted by atomic mass is 9.82. The number of anilines is 1. The van der Waals surface area contributed by atoms with Crippen molar-refractivity contribution >= 4 is 40.9 Å². The summed E-state index contributed by atoms with van der Waals surface area (Å²) in [6, 6.07) is 5.33. The zero-order valence-electron chi connectivity index (χ0n) is 22.2. The van der Waals surface area contributed by atoms with Gasteiger partial charge in [0.05, 0.1) is 40.7 Å². The number of benzene rings is 2. The minimum atomic E-state index is -4.73. The fourth-order valence-corrected chi connectivity index (χ4v) is 4.41. The van der Waals surface area contributed by atoms with Gasteiger partial charge in [0.25, 0.3) is 5.91 Å². The first-order valence-corrected chi connectivity index (χ1v) is 12.4. The number of rotatable bonds is 6. The van der Waals surface area contributed by atoms with Gasteiger partial charge >= 0.3 is 24.4 Å². The maximum absolute atomic E-state index is 13.4. The lowest BCUT2D eigenvalue weighted by Gasteiger charge is -2.27. The van der Waals surface area contributed by atoms with E-state index in [0.29, 0.717) is 4.90 Å². The predicted octanol–water partition coefficient (Wildman–Crippen LogP) is 5.68. The van der Waals surface area contributed by atoms with E-state index >= 15 is 0 Å². The molecule has 1 heterocycles. The van der Waals surface area contributed by atoms with Crippen molar-refractivity contribution in [2.45, 2.75) is 26.2 Å². The smallest absolute Gasteiger partial charge is 0.417 e. The third-order valence-electron chi connectivity index (χ3n) is 6.13. The number of urea groups is 1. The molecule has 2 aromatic carbocycles. The van der Waals surface area contributed by atoms with Crippen molar-refractivity contribution in [2.24, 2.45) is 10.5 Å². The summed E-state index contributed by atoms with van der Waals surface area (Å²) in [5.41, 5.74) is -3.74. The summed E-state index contributed by atoms with van der Waals surface area (Å²) in [5.74, 6) is -1.67. The number of esters is 1. The summed E-state index contributed by atoms with van der Waals surface area (Å²) in [4.78, 5) is 40.9. The molecule has 0 aliphatic carbocycles. The van der Waals surface area contributed by atoms with E-state index in [9.17, 15) is 40.7 Å². The Morgan fingerprint density at radius 3 is 2.12 bits per heavy atom. The van der Waals surface area contributed by atoms with Crippen molar-refractivity contribution in [3.05, 3.63) is 64.2 Å². The van der Waals surface area contributed by atoms with Crippen LogP contribution < -0.4 is 4.90 Å². The Kier molecular flexibility index (Phi) is 8.96. The summed E-state index contributed by atoms with van der Waals surface area (Å²) < 4.78 is 84.0. The first-order valence-electron chi connectivity index (χ1n) is 12.0. The normalized spacial score (nSPS) is 17.2. The Balaban J connectivity index is 2.00. The summed E-state index contributed by atoms with van der Waals surface area (Å²) >= 11 is 5.88. The van der Waals surface area contributed by atoms with Gasteiger partial charge in [-0.15, -0.1) is 0 Å². The van der Waals surface area contributed by atoms with Gasteiger partial charge in [0.2, 0.25) is 0 Å². The van der Waals surface area contributed by atoms with Crippen molar-refractivity contribution in [1.29, 1.82) is 0 Å². The second kappa shape index (κ2) is 11.6. The predicted molar refractivity (Wildman–Crippen MR) is 137 cm³/mol. The molecule has 15 heteroatoms. The number of hydrogen-bond donors (Lipinski definition) is 0. The zero-order valence-corrected chi connectivity index (χ0v) is 23.0. The van der Waals surface area contributed by atoms with Crippen LogP contribution >= 0.6 is 11.6 Å². The molecule has 1 aliphatic rings. The minimum absolute atomic E-state index is 0.0204. The van der Waals surface area contributed by atoms with Crippen molar-refractivity contribution in [3.63, 3.8) is 0 Å². The molecule has 3 amide bonds. The number of ether oxygens (including phenoxy) is 1. The summed E-state index contributed by atoms with van der Waals surface area (Å²) in [5, 5.41) is 4.79. The van der Waals surface area contributed by atoms with E-state index in [1.165, 1.54) is 21.0 Å². The van der Waals surface area contributed by atoms with Crippen LogP contribution in [-0.2, 0) is 26.7 Å². The first-order chi connectivity index (χ1) is 18.9. The highest BCUT2D eigenvalue weighted by Crippen LogP contribution is 2.38. The number of nitrogens with zero attached hydrogens (tertiary/aromatic N) is 4. The highest BCUT2D eigenvalue weighted by Gasteiger charge is 2.48. The molecule has 1 unspecified atom stereocenters. The molecule has 0 aromatic heterocycles. The molecule has 2 aromatic rings. The van der Waals surface area contributed by atoms with Crippen LogP contribution in [0.5, 0.6) is 0 Å². The van der Waals surface area contributed by atoms with Crippen LogP contribution in [0.4, 0.5) is 36.8 Å². The van der Waals surface area contributed by atoms with E-state index in [-0.39, 0.29) is 30.1 Å². The molecule has 222 valence electrons. The first kappa shape index (κ1) is 31.7. The van der Waals surface area contributed by atoms with Gasteiger partial charge in [-0.2, -0.15) is 31.4 Å². The maximum Gasteiger partial charge on any atom is 0.417 e. The molecule has 8 nitrogen and oxygen atoms in total. The van der Waals surface area contributed by atoms with Crippen molar-refractivity contribution in [3.8, 4) is 0 Å². The average Bonchev–Trinajstić information content (AvgIpc) is 3.20. The van der Waals surface area contributed by atoms with E-state index in [4.69, 9.17) is 16.3 Å². The molecule has 0 fully saturated rings. The van der Waals surface area contributed by atoms with Gasteiger partial charge in [-0.05, 0) is 50.2 Å². The van der Waals surface area contributed by atoms with Gasteiger partial charge in [-0.1, -0.05) is 17.7 Å². The monoisotopic (exact) mass is 606 g/mol. The van der Waals surface area contributed by atoms with Crippen molar-refractivity contribution < 1.29 is 45.5 Å². The molecule has 0 saturated heterocycles. The Bertz CT molecular complexity index is 1360. The Hall–Kier alpha value is -3.81. The lowest BCUT2D eigenvalue weighted by Crippen LogP contribution is -2.48. The van der Waals surface area contributed by atoms with E-state index in [1.807, 2.05) is 0 Å². The molecular weight excluding hydrogens is 582 g/mol. The van der Waals surface area contributed by atoms with Gasteiger partial charge in [0.15, 0.2) is 0 Å². The molecular formula is C26H25ClF6N4O4. The zero-order chi connectivity index (χ0) is 30.9. The fourth-order valence-electron chi connectivity index (χ4n) is 4.13. The van der Waals surface area contributed by atoms with Gasteiger partial charge < -0.3 is 9.64 Å². The Morgan fingerprint density at radius 1 is 1.02 bits per heavy atom.